The fourth-order valence-electron chi connectivity index (χ4n) is 4.32. The second kappa shape index (κ2) is 10.9. The Morgan fingerprint density at radius 2 is 1.81 bits per heavy atom. The van der Waals surface area contributed by atoms with E-state index in [1.165, 1.54) is 11.8 Å². The van der Waals surface area contributed by atoms with Gasteiger partial charge in [0.15, 0.2) is 5.17 Å². The fourth-order valence-corrected chi connectivity index (χ4v) is 5.38. The predicted octanol–water partition coefficient (Wildman–Crippen LogP) is 4.88. The Morgan fingerprint density at radius 3 is 2.59 bits per heavy atom. The molecule has 9 heteroatoms. The van der Waals surface area contributed by atoms with E-state index in [0.29, 0.717) is 23.0 Å². The number of ether oxygens (including phenoxy) is 2. The summed E-state index contributed by atoms with van der Waals surface area (Å²) in [6.07, 6.45) is 0.634. The molecule has 0 saturated carbocycles. The van der Waals surface area contributed by atoms with Crippen molar-refractivity contribution in [3.63, 3.8) is 0 Å². The van der Waals surface area contributed by atoms with Crippen LogP contribution in [0.5, 0.6) is 11.5 Å². The minimum absolute atomic E-state index is 0.00908. The molecule has 8 nitrogen and oxygen atoms in total. The molecule has 0 radical (unpaired) electrons. The lowest BCUT2D eigenvalue weighted by Gasteiger charge is -2.23. The molecule has 0 spiro atoms. The zero-order chi connectivity index (χ0) is 25.8. The first-order valence-corrected chi connectivity index (χ1v) is 12.7. The molecule has 37 heavy (non-hydrogen) atoms. The number of anilines is 1. The number of hydrogen-bond acceptors (Lipinski definition) is 7. The number of amidine groups is 1. The van der Waals surface area contributed by atoms with Gasteiger partial charge in [-0.05, 0) is 29.8 Å². The zero-order valence-electron chi connectivity index (χ0n) is 20.5. The van der Waals surface area contributed by atoms with E-state index < -0.39 is 5.25 Å². The molecule has 0 aromatic heterocycles. The van der Waals surface area contributed by atoms with Crippen LogP contribution in [0.15, 0.2) is 89.0 Å². The molecule has 0 unspecified atom stereocenters. The summed E-state index contributed by atoms with van der Waals surface area (Å²) in [5.41, 5.74) is 3.45. The number of benzene rings is 3. The smallest absolute Gasteiger partial charge is 0.262 e. The van der Waals surface area contributed by atoms with E-state index in [1.54, 1.807) is 26.4 Å². The summed E-state index contributed by atoms with van der Waals surface area (Å²) in [6, 6.07) is 24.8. The van der Waals surface area contributed by atoms with Gasteiger partial charge in [-0.1, -0.05) is 66.4 Å². The lowest BCUT2D eigenvalue weighted by Crippen LogP contribution is -2.25. The quantitative estimate of drug-likeness (QED) is 0.483. The van der Waals surface area contributed by atoms with Crippen molar-refractivity contribution >= 4 is 40.1 Å². The molecular formula is C28H26N4O4S. The largest absolute Gasteiger partial charge is 0.497 e. The van der Waals surface area contributed by atoms with E-state index in [2.05, 4.69) is 10.3 Å². The maximum atomic E-state index is 12.8. The van der Waals surface area contributed by atoms with E-state index >= 15 is 0 Å². The monoisotopic (exact) mass is 514 g/mol. The lowest BCUT2D eigenvalue weighted by atomic mass is 9.98. The molecule has 0 saturated heterocycles. The number of thioether (sulfide) groups is 1. The highest BCUT2D eigenvalue weighted by molar-refractivity contribution is 8.15. The molecule has 3 aromatic rings. The van der Waals surface area contributed by atoms with Gasteiger partial charge in [-0.15, -0.1) is 0 Å². The van der Waals surface area contributed by atoms with E-state index in [1.807, 2.05) is 71.7 Å². The Kier molecular flexibility index (Phi) is 7.23. The summed E-state index contributed by atoms with van der Waals surface area (Å²) < 4.78 is 10.7. The van der Waals surface area contributed by atoms with Crippen LogP contribution in [-0.2, 0) is 9.59 Å². The fraction of sp³-hybridized carbons (Fsp3) is 0.214. The third-order valence-electron chi connectivity index (χ3n) is 6.17. The van der Waals surface area contributed by atoms with Crippen molar-refractivity contribution in [2.45, 2.75) is 24.1 Å². The number of hydrazone groups is 1. The number of methoxy groups -OCH3 is 2. The minimum Gasteiger partial charge on any atom is -0.497 e. The van der Waals surface area contributed by atoms with Gasteiger partial charge in [0, 0.05) is 18.4 Å². The van der Waals surface area contributed by atoms with Crippen molar-refractivity contribution in [1.82, 2.24) is 5.01 Å². The lowest BCUT2D eigenvalue weighted by molar-refractivity contribution is -0.121. The normalized spacial score (nSPS) is 18.9. The predicted molar refractivity (Wildman–Crippen MR) is 145 cm³/mol. The summed E-state index contributed by atoms with van der Waals surface area (Å²) >= 11 is 1.27. The van der Waals surface area contributed by atoms with Gasteiger partial charge in [0.1, 0.15) is 16.7 Å². The molecule has 5 rings (SSSR count). The average molecular weight is 515 g/mol. The van der Waals surface area contributed by atoms with Crippen molar-refractivity contribution in [3.8, 4) is 11.5 Å². The molecule has 2 atom stereocenters. The zero-order valence-corrected chi connectivity index (χ0v) is 21.3. The van der Waals surface area contributed by atoms with Crippen LogP contribution in [0, 0.1) is 0 Å². The number of carbonyl (C=O) groups excluding carboxylic acids is 2. The van der Waals surface area contributed by atoms with Crippen molar-refractivity contribution in [2.24, 2.45) is 10.1 Å². The summed E-state index contributed by atoms with van der Waals surface area (Å²) in [6.45, 7) is 0. The Labute approximate surface area is 219 Å². The Balaban J connectivity index is 1.35. The highest BCUT2D eigenvalue weighted by Crippen LogP contribution is 2.39. The van der Waals surface area contributed by atoms with Gasteiger partial charge in [-0.3, -0.25) is 9.59 Å². The van der Waals surface area contributed by atoms with Crippen LogP contribution in [0.25, 0.3) is 0 Å². The standard InChI is InChI=1S/C28H26N4O4S/c1-35-20-12-8-11-19(15-20)22-16-23(18-9-4-3-5-10-18)32(31-22)28-30-27(34)25(37-28)17-26(33)29-21-13-6-7-14-24(21)36-2/h3-15,23,25H,16-17H2,1-2H3,(H,29,33)/t23-,25-/m0/s1. The molecule has 3 aromatic carbocycles. The summed E-state index contributed by atoms with van der Waals surface area (Å²) in [4.78, 5) is 29.9. The van der Waals surface area contributed by atoms with Crippen LogP contribution >= 0.6 is 11.8 Å². The van der Waals surface area contributed by atoms with Crippen molar-refractivity contribution < 1.29 is 19.1 Å². The Bertz CT molecular complexity index is 1380. The average Bonchev–Trinajstić information content (AvgIpc) is 3.53. The maximum Gasteiger partial charge on any atom is 0.262 e. The Morgan fingerprint density at radius 1 is 1.03 bits per heavy atom. The summed E-state index contributed by atoms with van der Waals surface area (Å²) in [5, 5.41) is 9.39. The number of nitrogens with one attached hydrogen (secondary N) is 1. The first-order chi connectivity index (χ1) is 18.1. The van der Waals surface area contributed by atoms with E-state index in [4.69, 9.17) is 14.6 Å². The van der Waals surface area contributed by atoms with Crippen LogP contribution in [0.2, 0.25) is 0 Å². The molecule has 0 bridgehead atoms. The van der Waals surface area contributed by atoms with Crippen molar-refractivity contribution in [1.29, 1.82) is 0 Å². The van der Waals surface area contributed by atoms with Gasteiger partial charge in [0.25, 0.3) is 5.91 Å². The molecule has 0 fully saturated rings. The van der Waals surface area contributed by atoms with Crippen LogP contribution in [-0.4, -0.2) is 47.2 Å². The van der Waals surface area contributed by atoms with Crippen LogP contribution in [0.1, 0.15) is 30.0 Å². The van der Waals surface area contributed by atoms with Crippen molar-refractivity contribution in [2.75, 3.05) is 19.5 Å². The van der Waals surface area contributed by atoms with E-state index in [9.17, 15) is 9.59 Å². The van der Waals surface area contributed by atoms with Gasteiger partial charge in [-0.2, -0.15) is 10.1 Å². The van der Waals surface area contributed by atoms with Gasteiger partial charge < -0.3 is 14.8 Å². The summed E-state index contributed by atoms with van der Waals surface area (Å²) in [7, 11) is 3.18. The number of amides is 2. The van der Waals surface area contributed by atoms with Gasteiger partial charge in [0.05, 0.1) is 31.7 Å². The van der Waals surface area contributed by atoms with E-state index in [-0.39, 0.29) is 24.3 Å². The van der Waals surface area contributed by atoms with Crippen LogP contribution < -0.4 is 14.8 Å². The molecule has 2 amide bonds. The maximum absolute atomic E-state index is 12.8. The molecule has 0 aliphatic carbocycles. The van der Waals surface area contributed by atoms with Gasteiger partial charge in [0.2, 0.25) is 5.91 Å². The molecular weight excluding hydrogens is 488 g/mol. The van der Waals surface area contributed by atoms with Crippen molar-refractivity contribution in [3.05, 3.63) is 90.0 Å². The van der Waals surface area contributed by atoms with E-state index in [0.717, 1.165) is 22.6 Å². The minimum atomic E-state index is -0.628. The number of rotatable bonds is 7. The number of hydrogen-bond donors (Lipinski definition) is 1. The molecule has 2 aliphatic heterocycles. The third-order valence-corrected chi connectivity index (χ3v) is 7.32. The summed E-state index contributed by atoms with van der Waals surface area (Å²) in [5.74, 6) is 0.680. The topological polar surface area (TPSA) is 92.6 Å². The Hall–Kier alpha value is -4.11. The number of para-hydroxylation sites is 2. The highest BCUT2D eigenvalue weighted by Gasteiger charge is 2.39. The highest BCUT2D eigenvalue weighted by atomic mass is 32.2. The second-order valence-electron chi connectivity index (χ2n) is 8.55. The third kappa shape index (κ3) is 5.36. The molecule has 1 N–H and O–H groups in total. The van der Waals surface area contributed by atoms with Gasteiger partial charge in [-0.25, -0.2) is 5.01 Å². The molecule has 188 valence electrons. The number of aliphatic imine (C=N–C) groups is 1. The first-order valence-electron chi connectivity index (χ1n) is 11.8. The van der Waals surface area contributed by atoms with Crippen LogP contribution in [0.4, 0.5) is 5.69 Å². The first kappa shape index (κ1) is 24.6. The van der Waals surface area contributed by atoms with Gasteiger partial charge >= 0.3 is 0 Å². The second-order valence-corrected chi connectivity index (χ2v) is 9.72. The number of carbonyl (C=O) groups is 2. The molecule has 2 aliphatic rings. The SMILES string of the molecule is COc1cccc(C2=NN(C3=NC(=O)[C@H](CC(=O)Nc4ccccc4OC)S3)[C@H](c3ccccc3)C2)c1. The van der Waals surface area contributed by atoms with Crippen LogP contribution in [0.3, 0.4) is 0 Å². The number of nitrogens with zero attached hydrogens (tertiary/aromatic N) is 3. The molecule has 2 heterocycles.